The summed E-state index contributed by atoms with van der Waals surface area (Å²) in [6.07, 6.45) is 0. The van der Waals surface area contributed by atoms with E-state index in [9.17, 15) is 14.4 Å². The number of benzene rings is 1. The Morgan fingerprint density at radius 2 is 2.00 bits per heavy atom. The second-order valence-corrected chi connectivity index (χ2v) is 7.66. The lowest BCUT2D eigenvalue weighted by atomic mass is 10.2. The van der Waals surface area contributed by atoms with E-state index in [-0.39, 0.29) is 17.1 Å². The Labute approximate surface area is 151 Å². The number of fused-ring (bicyclic) bond motifs is 1. The molecule has 1 aliphatic heterocycles. The van der Waals surface area contributed by atoms with E-state index in [1.165, 1.54) is 25.9 Å². The summed E-state index contributed by atoms with van der Waals surface area (Å²) in [4.78, 5) is 41.1. The van der Waals surface area contributed by atoms with Gasteiger partial charge < -0.3 is 5.73 Å². The molecule has 0 bridgehead atoms. The molecule has 3 rings (SSSR count). The van der Waals surface area contributed by atoms with Crippen LogP contribution in [0.3, 0.4) is 0 Å². The molecule has 7 nitrogen and oxygen atoms in total. The molecule has 9 heteroatoms. The molecule has 130 valence electrons. The van der Waals surface area contributed by atoms with Gasteiger partial charge in [-0.05, 0) is 11.6 Å². The van der Waals surface area contributed by atoms with E-state index in [1.54, 1.807) is 11.8 Å². The normalized spacial score (nSPS) is 13.3. The van der Waals surface area contributed by atoms with Gasteiger partial charge in [0.05, 0.1) is 11.4 Å². The first-order chi connectivity index (χ1) is 11.9. The number of nitrogens with zero attached hydrogens (tertiary/aromatic N) is 3. The highest BCUT2D eigenvalue weighted by atomic mass is 32.2. The number of Topliss-reactive ketones (excluding diaryl/α,β-unsaturated/α-hetero) is 1. The van der Waals surface area contributed by atoms with Crippen LogP contribution in [0.1, 0.15) is 15.9 Å². The van der Waals surface area contributed by atoms with Crippen molar-refractivity contribution in [3.8, 4) is 0 Å². The Balaban J connectivity index is 1.82. The third-order valence-electron chi connectivity index (χ3n) is 3.87. The fraction of sp³-hybridized carbons (Fsp3) is 0.250. The maximum Gasteiger partial charge on any atom is 0.332 e. The van der Waals surface area contributed by atoms with Crippen LogP contribution in [0.2, 0.25) is 0 Å². The van der Waals surface area contributed by atoms with E-state index in [0.29, 0.717) is 0 Å². The first-order valence-electron chi connectivity index (χ1n) is 7.41. The number of ketones is 1. The zero-order chi connectivity index (χ0) is 18.1. The predicted molar refractivity (Wildman–Crippen MR) is 103 cm³/mol. The molecule has 0 atom stereocenters. The standard InChI is InChI=1S/C16H16N4O3S2/c1-19-13(17)12(14(22)20(2)16(19)23)11(21)8-25-15-18-10-6-4-3-5-9(10)7-24-15/h3-6H,7-8,17H2,1-2H3. The number of nitrogen functional groups attached to an aromatic ring is 1. The van der Waals surface area contributed by atoms with Gasteiger partial charge >= 0.3 is 5.69 Å². The monoisotopic (exact) mass is 376 g/mol. The molecular formula is C16H16N4O3S2. The summed E-state index contributed by atoms with van der Waals surface area (Å²) in [5.41, 5.74) is 6.47. The molecule has 1 aromatic carbocycles. The van der Waals surface area contributed by atoms with Gasteiger partial charge in [0.2, 0.25) is 0 Å². The summed E-state index contributed by atoms with van der Waals surface area (Å²) < 4.78 is 2.76. The topological polar surface area (TPSA) is 99.4 Å². The molecule has 1 aliphatic rings. The number of hydrogen-bond donors (Lipinski definition) is 1. The van der Waals surface area contributed by atoms with Crippen LogP contribution in [-0.2, 0) is 19.8 Å². The molecule has 0 saturated carbocycles. The highest BCUT2D eigenvalue weighted by Crippen LogP contribution is 2.34. The number of aromatic nitrogens is 2. The molecule has 1 aromatic heterocycles. The molecule has 25 heavy (non-hydrogen) atoms. The molecule has 0 amide bonds. The van der Waals surface area contributed by atoms with Crippen molar-refractivity contribution in [3.05, 3.63) is 56.2 Å². The van der Waals surface area contributed by atoms with Crippen LogP contribution < -0.4 is 17.0 Å². The molecule has 2 aromatic rings. The molecule has 2 heterocycles. The molecule has 0 unspecified atom stereocenters. The van der Waals surface area contributed by atoms with Crippen LogP contribution in [-0.4, -0.2) is 25.0 Å². The minimum absolute atomic E-state index is 0.0334. The van der Waals surface area contributed by atoms with Crippen molar-refractivity contribution in [1.29, 1.82) is 0 Å². The van der Waals surface area contributed by atoms with E-state index in [4.69, 9.17) is 5.73 Å². The fourth-order valence-corrected chi connectivity index (χ4v) is 4.34. The molecule has 0 spiro atoms. The molecule has 0 fully saturated rings. The van der Waals surface area contributed by atoms with Gasteiger partial charge in [0.25, 0.3) is 5.56 Å². The number of carbonyl (C=O) groups excluding carboxylic acids is 1. The number of anilines is 1. The van der Waals surface area contributed by atoms with Gasteiger partial charge in [0, 0.05) is 19.8 Å². The van der Waals surface area contributed by atoms with Crippen LogP contribution in [0.25, 0.3) is 0 Å². The first-order valence-corrected chi connectivity index (χ1v) is 9.38. The summed E-state index contributed by atoms with van der Waals surface area (Å²) in [5.74, 6) is 0.300. The summed E-state index contributed by atoms with van der Waals surface area (Å²) in [7, 11) is 2.76. The Bertz CT molecular complexity index is 1010. The predicted octanol–water partition coefficient (Wildman–Crippen LogP) is 1.52. The van der Waals surface area contributed by atoms with Crippen molar-refractivity contribution in [1.82, 2.24) is 9.13 Å². The molecule has 2 N–H and O–H groups in total. The largest absolute Gasteiger partial charge is 0.384 e. The van der Waals surface area contributed by atoms with E-state index in [1.807, 2.05) is 24.3 Å². The van der Waals surface area contributed by atoms with E-state index in [2.05, 4.69) is 4.99 Å². The number of nitrogens with two attached hydrogens (primary N) is 1. The maximum absolute atomic E-state index is 12.5. The van der Waals surface area contributed by atoms with Gasteiger partial charge in [0.15, 0.2) is 5.78 Å². The summed E-state index contributed by atoms with van der Waals surface area (Å²) in [6.45, 7) is 0. The van der Waals surface area contributed by atoms with Crippen molar-refractivity contribution in [2.45, 2.75) is 5.75 Å². The quantitative estimate of drug-likeness (QED) is 0.816. The maximum atomic E-state index is 12.5. The lowest BCUT2D eigenvalue weighted by molar-refractivity contribution is 0.102. The SMILES string of the molecule is Cn1c(N)c(C(=O)CSC2=Nc3ccccc3CS2)c(=O)n(C)c1=O. The van der Waals surface area contributed by atoms with Crippen molar-refractivity contribution in [2.24, 2.45) is 19.1 Å². The minimum atomic E-state index is -0.671. The Hall–Kier alpha value is -2.26. The Morgan fingerprint density at radius 3 is 2.76 bits per heavy atom. The van der Waals surface area contributed by atoms with Crippen molar-refractivity contribution in [2.75, 3.05) is 11.5 Å². The number of carbonyl (C=O) groups is 1. The number of para-hydroxylation sites is 1. The number of aliphatic imine (C=N–C) groups is 1. The highest BCUT2D eigenvalue weighted by molar-refractivity contribution is 8.38. The number of rotatable bonds is 3. The third-order valence-corrected chi connectivity index (χ3v) is 6.12. The van der Waals surface area contributed by atoms with Gasteiger partial charge in [-0.15, -0.1) is 0 Å². The van der Waals surface area contributed by atoms with Crippen LogP contribution in [0.5, 0.6) is 0 Å². The van der Waals surface area contributed by atoms with E-state index >= 15 is 0 Å². The lowest BCUT2D eigenvalue weighted by Crippen LogP contribution is -2.41. The molecule has 0 saturated heterocycles. The smallest absolute Gasteiger partial charge is 0.332 e. The minimum Gasteiger partial charge on any atom is -0.384 e. The van der Waals surface area contributed by atoms with Gasteiger partial charge in [0.1, 0.15) is 15.8 Å². The average molecular weight is 376 g/mol. The van der Waals surface area contributed by atoms with Crippen LogP contribution in [0, 0.1) is 0 Å². The molecule has 0 aliphatic carbocycles. The summed E-state index contributed by atoms with van der Waals surface area (Å²) in [5, 5.41) is 0. The van der Waals surface area contributed by atoms with Crippen LogP contribution in [0.4, 0.5) is 11.5 Å². The second-order valence-electron chi connectivity index (χ2n) is 5.47. The Kier molecular flexibility index (Phi) is 4.87. The van der Waals surface area contributed by atoms with Gasteiger partial charge in [-0.1, -0.05) is 41.7 Å². The highest BCUT2D eigenvalue weighted by Gasteiger charge is 2.21. The number of thioether (sulfide) groups is 2. The van der Waals surface area contributed by atoms with Crippen LogP contribution in [0.15, 0.2) is 38.8 Å². The van der Waals surface area contributed by atoms with E-state index < -0.39 is 17.0 Å². The fourth-order valence-electron chi connectivity index (χ4n) is 2.41. The van der Waals surface area contributed by atoms with Crippen molar-refractivity contribution >= 4 is 45.2 Å². The average Bonchev–Trinajstić information content (AvgIpc) is 2.63. The van der Waals surface area contributed by atoms with Crippen molar-refractivity contribution in [3.63, 3.8) is 0 Å². The third kappa shape index (κ3) is 3.29. The zero-order valence-corrected chi connectivity index (χ0v) is 15.3. The molecular weight excluding hydrogens is 360 g/mol. The second kappa shape index (κ2) is 6.93. The molecule has 0 radical (unpaired) electrons. The Morgan fingerprint density at radius 1 is 1.28 bits per heavy atom. The van der Waals surface area contributed by atoms with Gasteiger partial charge in [-0.2, -0.15) is 0 Å². The van der Waals surface area contributed by atoms with Crippen LogP contribution >= 0.6 is 23.5 Å². The first kappa shape index (κ1) is 17.6. The van der Waals surface area contributed by atoms with Crippen molar-refractivity contribution < 1.29 is 4.79 Å². The summed E-state index contributed by atoms with van der Waals surface area (Å²) in [6, 6.07) is 7.83. The zero-order valence-electron chi connectivity index (χ0n) is 13.7. The summed E-state index contributed by atoms with van der Waals surface area (Å²) >= 11 is 2.82. The van der Waals surface area contributed by atoms with E-state index in [0.717, 1.165) is 30.5 Å². The van der Waals surface area contributed by atoms with Gasteiger partial charge in [-0.25, -0.2) is 9.79 Å². The van der Waals surface area contributed by atoms with Gasteiger partial charge in [-0.3, -0.25) is 18.7 Å². The number of hydrogen-bond acceptors (Lipinski definition) is 7. The lowest BCUT2D eigenvalue weighted by Gasteiger charge is -2.14.